The van der Waals surface area contributed by atoms with E-state index in [0.717, 1.165) is 20.0 Å². The van der Waals surface area contributed by atoms with Crippen LogP contribution in [0.2, 0.25) is 5.02 Å². The number of methoxy groups -OCH3 is 1. The first-order valence-electron chi connectivity index (χ1n) is 7.30. The average Bonchev–Trinajstić information content (AvgIpc) is 3.00. The predicted molar refractivity (Wildman–Crippen MR) is 107 cm³/mol. The minimum absolute atomic E-state index is 0.156. The van der Waals surface area contributed by atoms with Crippen LogP contribution < -0.4 is 10.1 Å². The zero-order chi connectivity index (χ0) is 18.4. The molecule has 2 aromatic rings. The number of anilines is 1. The lowest BCUT2D eigenvalue weighted by Gasteiger charge is -2.13. The Morgan fingerprint density at radius 2 is 2.16 bits per heavy atom. The maximum Gasteiger partial charge on any atom is 0.237 e. The number of rotatable bonds is 8. The van der Waals surface area contributed by atoms with Crippen molar-refractivity contribution in [2.75, 3.05) is 18.2 Å². The molecule has 0 unspecified atom stereocenters. The Balaban J connectivity index is 1.96. The van der Waals surface area contributed by atoms with Gasteiger partial charge in [-0.1, -0.05) is 58.6 Å². The van der Waals surface area contributed by atoms with Crippen molar-refractivity contribution >= 4 is 58.1 Å². The number of aromatic nitrogens is 2. The third kappa shape index (κ3) is 6.22. The summed E-state index contributed by atoms with van der Waals surface area (Å²) in [6, 6.07) is 5.08. The number of benzene rings is 1. The number of ether oxygens (including phenoxy) is 1. The number of nitrogens with one attached hydrogen (secondary N) is 1. The molecule has 0 spiro atoms. The van der Waals surface area contributed by atoms with Crippen molar-refractivity contribution in [3.63, 3.8) is 0 Å². The van der Waals surface area contributed by atoms with Crippen LogP contribution in [0, 0.1) is 0 Å². The number of hydrogen-bond acceptors (Lipinski definition) is 7. The van der Waals surface area contributed by atoms with Gasteiger partial charge in [0.25, 0.3) is 0 Å². The molecule has 1 N–H and O–H groups in total. The Bertz CT molecular complexity index is 767. The van der Waals surface area contributed by atoms with Crippen molar-refractivity contribution < 1.29 is 9.53 Å². The Kier molecular flexibility index (Phi) is 7.61. The quantitative estimate of drug-likeness (QED) is 0.484. The van der Waals surface area contributed by atoms with Crippen LogP contribution in [-0.2, 0) is 4.79 Å². The van der Waals surface area contributed by atoms with Gasteiger partial charge in [0.2, 0.25) is 5.91 Å². The first-order valence-corrected chi connectivity index (χ1v) is 10.4. The van der Waals surface area contributed by atoms with Crippen LogP contribution >= 0.6 is 46.5 Å². The lowest BCUT2D eigenvalue weighted by atomic mass is 10.3. The first kappa shape index (κ1) is 20.1. The van der Waals surface area contributed by atoms with Crippen molar-refractivity contribution in [2.24, 2.45) is 0 Å². The van der Waals surface area contributed by atoms with Crippen LogP contribution in [0.4, 0.5) is 5.69 Å². The molecule has 0 aliphatic carbocycles. The highest BCUT2D eigenvalue weighted by molar-refractivity contribution is 8.04. The van der Waals surface area contributed by atoms with Gasteiger partial charge in [0.15, 0.2) is 8.68 Å². The van der Waals surface area contributed by atoms with Crippen LogP contribution in [0.25, 0.3) is 0 Å². The van der Waals surface area contributed by atoms with Crippen LogP contribution in [0.15, 0.2) is 39.0 Å². The van der Waals surface area contributed by atoms with E-state index in [4.69, 9.17) is 16.3 Å². The summed E-state index contributed by atoms with van der Waals surface area (Å²) in [4.78, 5) is 12.4. The van der Waals surface area contributed by atoms with Crippen molar-refractivity contribution in [1.82, 2.24) is 10.2 Å². The van der Waals surface area contributed by atoms with Gasteiger partial charge in [-0.25, -0.2) is 0 Å². The molecule has 2 rings (SSSR count). The first-order chi connectivity index (χ1) is 11.9. The molecular formula is C16H18ClN3O2S3. The number of carbonyl (C=O) groups is 1. The zero-order valence-corrected chi connectivity index (χ0v) is 17.2. The van der Waals surface area contributed by atoms with Crippen molar-refractivity contribution in [3.05, 3.63) is 35.4 Å². The highest BCUT2D eigenvalue weighted by Crippen LogP contribution is 2.33. The normalized spacial score (nSPS) is 11.8. The molecule has 5 nitrogen and oxygen atoms in total. The Hall–Kier alpha value is -1.22. The fourth-order valence-corrected chi connectivity index (χ4v) is 4.88. The number of carbonyl (C=O) groups excluding carboxylic acids is 1. The van der Waals surface area contributed by atoms with Crippen LogP contribution in [0.5, 0.6) is 5.75 Å². The lowest BCUT2D eigenvalue weighted by molar-refractivity contribution is -0.115. The molecule has 0 aliphatic heterocycles. The number of nitrogens with zero attached hydrogens (tertiary/aromatic N) is 2. The second kappa shape index (κ2) is 9.47. The van der Waals surface area contributed by atoms with Crippen LogP contribution in [-0.4, -0.2) is 34.2 Å². The number of halogens is 1. The number of hydrogen-bond donors (Lipinski definition) is 1. The molecule has 0 saturated carbocycles. The molecule has 1 amide bonds. The van der Waals surface area contributed by atoms with Gasteiger partial charge in [-0.05, 0) is 32.0 Å². The summed E-state index contributed by atoms with van der Waals surface area (Å²) >= 11 is 10.4. The van der Waals surface area contributed by atoms with Crippen molar-refractivity contribution in [2.45, 2.75) is 27.8 Å². The van der Waals surface area contributed by atoms with Gasteiger partial charge in [-0.2, -0.15) is 0 Å². The molecule has 1 aromatic heterocycles. The van der Waals surface area contributed by atoms with Crippen LogP contribution in [0.3, 0.4) is 0 Å². The summed E-state index contributed by atoms with van der Waals surface area (Å²) in [5, 5.41) is 11.3. The van der Waals surface area contributed by atoms with Gasteiger partial charge < -0.3 is 10.1 Å². The standard InChI is InChI=1S/C16H18ClN3O2S3/c1-9(2)8-23-15-19-20-16(25-15)24-10(3)14(21)18-12-7-11(17)5-6-13(12)22-4/h5-7,10H,1,8H2,2-4H3,(H,18,21)/t10-/m1/s1. The van der Waals surface area contributed by atoms with Crippen molar-refractivity contribution in [1.29, 1.82) is 0 Å². The largest absolute Gasteiger partial charge is 0.495 e. The van der Waals surface area contributed by atoms with Crippen molar-refractivity contribution in [3.8, 4) is 5.75 Å². The summed E-state index contributed by atoms with van der Waals surface area (Å²) in [6.07, 6.45) is 0. The molecule has 0 fully saturated rings. The van der Waals surface area contributed by atoms with Gasteiger partial charge in [-0.3, -0.25) is 4.79 Å². The molecule has 0 bridgehead atoms. The summed E-state index contributed by atoms with van der Waals surface area (Å²) in [5.74, 6) is 1.21. The second-order valence-electron chi connectivity index (χ2n) is 5.17. The molecule has 0 radical (unpaired) electrons. The topological polar surface area (TPSA) is 64.1 Å². The van der Waals surface area contributed by atoms with Gasteiger partial charge in [0, 0.05) is 10.8 Å². The molecule has 1 atom stereocenters. The molecule has 25 heavy (non-hydrogen) atoms. The zero-order valence-electron chi connectivity index (χ0n) is 14.0. The summed E-state index contributed by atoms with van der Waals surface area (Å²) in [7, 11) is 1.54. The van der Waals surface area contributed by atoms with E-state index < -0.39 is 0 Å². The SMILES string of the molecule is C=C(C)CSc1nnc(S[C@H](C)C(=O)Nc2cc(Cl)ccc2OC)s1. The molecule has 9 heteroatoms. The smallest absolute Gasteiger partial charge is 0.237 e. The Morgan fingerprint density at radius 3 is 2.84 bits per heavy atom. The van der Waals surface area contributed by atoms with E-state index in [2.05, 4.69) is 22.1 Å². The average molecular weight is 416 g/mol. The molecule has 134 valence electrons. The second-order valence-corrected chi connectivity index (χ2v) is 9.40. The van der Waals surface area contributed by atoms with E-state index in [1.54, 1.807) is 37.1 Å². The van der Waals surface area contributed by atoms with E-state index in [1.807, 2.05) is 13.8 Å². The van der Waals surface area contributed by atoms with Crippen LogP contribution in [0.1, 0.15) is 13.8 Å². The maximum absolute atomic E-state index is 12.4. The highest BCUT2D eigenvalue weighted by atomic mass is 35.5. The van der Waals surface area contributed by atoms with E-state index >= 15 is 0 Å². The summed E-state index contributed by atoms with van der Waals surface area (Å²) in [5.41, 5.74) is 1.63. The number of amides is 1. The molecule has 0 saturated heterocycles. The fourth-order valence-electron chi connectivity index (χ4n) is 1.71. The minimum Gasteiger partial charge on any atom is -0.495 e. The molecular weight excluding hydrogens is 398 g/mol. The number of thioether (sulfide) groups is 2. The van der Waals surface area contributed by atoms with Gasteiger partial charge in [0.1, 0.15) is 5.75 Å². The Labute approximate surface area is 164 Å². The molecule has 1 aromatic carbocycles. The molecule has 1 heterocycles. The third-order valence-corrected chi connectivity index (χ3v) is 6.60. The maximum atomic E-state index is 12.4. The van der Waals surface area contributed by atoms with Gasteiger partial charge in [-0.15, -0.1) is 10.2 Å². The predicted octanol–water partition coefficient (Wildman–Crippen LogP) is 4.99. The Morgan fingerprint density at radius 1 is 1.44 bits per heavy atom. The highest BCUT2D eigenvalue weighted by Gasteiger charge is 2.19. The van der Waals surface area contributed by atoms with E-state index in [-0.39, 0.29) is 11.2 Å². The van der Waals surface area contributed by atoms with E-state index in [9.17, 15) is 4.79 Å². The van der Waals surface area contributed by atoms with E-state index in [1.165, 1.54) is 23.1 Å². The molecule has 0 aliphatic rings. The minimum atomic E-state index is -0.337. The van der Waals surface area contributed by atoms with Gasteiger partial charge in [0.05, 0.1) is 18.0 Å². The summed E-state index contributed by atoms with van der Waals surface area (Å²) < 4.78 is 6.86. The van der Waals surface area contributed by atoms with E-state index in [0.29, 0.717) is 16.5 Å². The third-order valence-electron chi connectivity index (χ3n) is 2.90. The monoisotopic (exact) mass is 415 g/mol. The fraction of sp³-hybridized carbons (Fsp3) is 0.312. The van der Waals surface area contributed by atoms with Gasteiger partial charge >= 0.3 is 0 Å². The lowest BCUT2D eigenvalue weighted by Crippen LogP contribution is -2.22. The summed E-state index contributed by atoms with van der Waals surface area (Å²) in [6.45, 7) is 7.66.